The summed E-state index contributed by atoms with van der Waals surface area (Å²) in [7, 11) is -3.70. The summed E-state index contributed by atoms with van der Waals surface area (Å²) >= 11 is 0. The second kappa shape index (κ2) is 5.31. The predicted molar refractivity (Wildman–Crippen MR) is 74.7 cm³/mol. The van der Waals surface area contributed by atoms with Gasteiger partial charge >= 0.3 is 5.97 Å². The Morgan fingerprint density at radius 1 is 1.33 bits per heavy atom. The normalized spacial score (nSPS) is 24.6. The van der Waals surface area contributed by atoms with Gasteiger partial charge in [-0.2, -0.15) is 0 Å². The fraction of sp³-hybridized carbons (Fsp3) is 0.500. The van der Waals surface area contributed by atoms with E-state index >= 15 is 0 Å². The fourth-order valence-electron chi connectivity index (χ4n) is 2.99. The van der Waals surface area contributed by atoms with Gasteiger partial charge in [0, 0.05) is 12.5 Å². The van der Waals surface area contributed by atoms with Crippen molar-refractivity contribution in [1.29, 1.82) is 0 Å². The third kappa shape index (κ3) is 2.75. The predicted octanol–water partition coefficient (Wildman–Crippen LogP) is 1.15. The lowest BCUT2D eigenvalue weighted by atomic mass is 10.1. The standard InChI is InChI=1S/C14H17NO5S/c16-14(17)11-2-1-3-12(11)15-21(18,19)10-4-5-13-9(8-10)6-7-20-13/h4-5,8,11-12,15H,1-3,6-7H2,(H,16,17). The zero-order valence-electron chi connectivity index (χ0n) is 11.4. The van der Waals surface area contributed by atoms with E-state index in [2.05, 4.69) is 4.72 Å². The van der Waals surface area contributed by atoms with E-state index < -0.39 is 28.0 Å². The summed E-state index contributed by atoms with van der Waals surface area (Å²) in [4.78, 5) is 11.3. The molecular formula is C14H17NO5S. The lowest BCUT2D eigenvalue weighted by Crippen LogP contribution is -2.40. The van der Waals surface area contributed by atoms with Crippen LogP contribution in [0.25, 0.3) is 0 Å². The number of hydrogen-bond donors (Lipinski definition) is 2. The molecule has 1 aliphatic heterocycles. The molecule has 1 aliphatic carbocycles. The number of carbonyl (C=O) groups is 1. The Labute approximate surface area is 123 Å². The van der Waals surface area contributed by atoms with Gasteiger partial charge in [0.05, 0.1) is 17.4 Å². The SMILES string of the molecule is O=C(O)C1CCCC1NS(=O)(=O)c1ccc2c(c1)CCO2. The molecule has 6 nitrogen and oxygen atoms in total. The summed E-state index contributed by atoms with van der Waals surface area (Å²) in [5.41, 5.74) is 0.874. The molecule has 7 heteroatoms. The number of ether oxygens (including phenoxy) is 1. The number of benzene rings is 1. The zero-order valence-corrected chi connectivity index (χ0v) is 12.2. The molecule has 1 aromatic carbocycles. The highest BCUT2D eigenvalue weighted by molar-refractivity contribution is 7.89. The molecule has 1 fully saturated rings. The summed E-state index contributed by atoms with van der Waals surface area (Å²) in [5, 5.41) is 9.13. The number of carboxylic acid groups (broad SMARTS) is 1. The van der Waals surface area contributed by atoms with Crippen molar-refractivity contribution in [2.45, 2.75) is 36.6 Å². The van der Waals surface area contributed by atoms with Crippen LogP contribution in [0.5, 0.6) is 5.75 Å². The van der Waals surface area contributed by atoms with E-state index in [0.717, 1.165) is 17.7 Å². The van der Waals surface area contributed by atoms with Gasteiger partial charge < -0.3 is 9.84 Å². The van der Waals surface area contributed by atoms with Gasteiger partial charge in [-0.1, -0.05) is 6.42 Å². The molecule has 0 saturated heterocycles. The molecule has 0 bridgehead atoms. The van der Waals surface area contributed by atoms with Crippen LogP contribution in [0, 0.1) is 5.92 Å². The van der Waals surface area contributed by atoms with Gasteiger partial charge in [0.2, 0.25) is 10.0 Å². The second-order valence-electron chi connectivity index (χ2n) is 5.47. The van der Waals surface area contributed by atoms with Gasteiger partial charge in [-0.3, -0.25) is 4.79 Å². The quantitative estimate of drug-likeness (QED) is 0.870. The van der Waals surface area contributed by atoms with Crippen LogP contribution < -0.4 is 9.46 Å². The molecule has 0 aromatic heterocycles. The highest BCUT2D eigenvalue weighted by atomic mass is 32.2. The Morgan fingerprint density at radius 3 is 2.90 bits per heavy atom. The van der Waals surface area contributed by atoms with Crippen LogP contribution in [-0.4, -0.2) is 32.1 Å². The van der Waals surface area contributed by atoms with Gasteiger partial charge in [0.15, 0.2) is 0 Å². The molecule has 2 unspecified atom stereocenters. The highest BCUT2D eigenvalue weighted by Crippen LogP contribution is 2.30. The molecule has 1 saturated carbocycles. The minimum absolute atomic E-state index is 0.169. The van der Waals surface area contributed by atoms with Crippen LogP contribution in [0.3, 0.4) is 0 Å². The fourth-order valence-corrected chi connectivity index (χ4v) is 4.36. The lowest BCUT2D eigenvalue weighted by molar-refractivity contribution is -0.141. The first-order valence-electron chi connectivity index (χ1n) is 6.98. The molecule has 2 atom stereocenters. The summed E-state index contributed by atoms with van der Waals surface area (Å²) in [5.74, 6) is -0.863. The smallest absolute Gasteiger partial charge is 0.308 e. The average Bonchev–Trinajstić information content (AvgIpc) is 3.05. The number of fused-ring (bicyclic) bond motifs is 1. The van der Waals surface area contributed by atoms with E-state index in [0.29, 0.717) is 25.9 Å². The molecule has 0 radical (unpaired) electrons. The van der Waals surface area contributed by atoms with Crippen LogP contribution >= 0.6 is 0 Å². The Kier molecular flexibility index (Phi) is 3.62. The second-order valence-corrected chi connectivity index (χ2v) is 7.19. The Bertz CT molecular complexity index is 670. The van der Waals surface area contributed by atoms with Crippen LogP contribution in [0.2, 0.25) is 0 Å². The molecule has 114 valence electrons. The minimum atomic E-state index is -3.70. The largest absolute Gasteiger partial charge is 0.493 e. The van der Waals surface area contributed by atoms with Crippen LogP contribution in [0.15, 0.2) is 23.1 Å². The van der Waals surface area contributed by atoms with E-state index in [1.807, 2.05) is 0 Å². The van der Waals surface area contributed by atoms with Crippen LogP contribution in [-0.2, 0) is 21.2 Å². The van der Waals surface area contributed by atoms with Crippen molar-refractivity contribution in [1.82, 2.24) is 4.72 Å². The molecule has 0 spiro atoms. The molecule has 1 aromatic rings. The molecule has 3 rings (SSSR count). The first kappa shape index (κ1) is 14.3. The van der Waals surface area contributed by atoms with Crippen molar-refractivity contribution in [2.75, 3.05) is 6.61 Å². The Balaban J connectivity index is 1.82. The molecule has 2 aliphatic rings. The number of rotatable bonds is 4. The van der Waals surface area contributed by atoms with E-state index in [4.69, 9.17) is 9.84 Å². The van der Waals surface area contributed by atoms with Crippen molar-refractivity contribution >= 4 is 16.0 Å². The first-order valence-corrected chi connectivity index (χ1v) is 8.46. The van der Waals surface area contributed by atoms with Gasteiger partial charge in [0.1, 0.15) is 5.75 Å². The Hall–Kier alpha value is -1.60. The van der Waals surface area contributed by atoms with E-state index in [-0.39, 0.29) is 4.90 Å². The summed E-state index contributed by atoms with van der Waals surface area (Å²) in [6.07, 6.45) is 2.49. The van der Waals surface area contributed by atoms with Crippen molar-refractivity contribution < 1.29 is 23.1 Å². The number of aliphatic carboxylic acids is 1. The number of hydrogen-bond acceptors (Lipinski definition) is 4. The van der Waals surface area contributed by atoms with Crippen LogP contribution in [0.1, 0.15) is 24.8 Å². The molecule has 1 heterocycles. The third-order valence-corrected chi connectivity index (χ3v) is 5.60. The van der Waals surface area contributed by atoms with Gasteiger partial charge in [0.25, 0.3) is 0 Å². The van der Waals surface area contributed by atoms with Gasteiger partial charge in [-0.15, -0.1) is 0 Å². The Morgan fingerprint density at radius 2 is 2.14 bits per heavy atom. The molecule has 0 amide bonds. The first-order chi connectivity index (χ1) is 9.97. The maximum Gasteiger partial charge on any atom is 0.308 e. The average molecular weight is 311 g/mol. The lowest BCUT2D eigenvalue weighted by Gasteiger charge is -2.17. The number of carboxylic acids is 1. The van der Waals surface area contributed by atoms with Crippen molar-refractivity contribution in [2.24, 2.45) is 5.92 Å². The van der Waals surface area contributed by atoms with Gasteiger partial charge in [-0.25, -0.2) is 13.1 Å². The number of sulfonamides is 1. The number of nitrogens with one attached hydrogen (secondary N) is 1. The summed E-state index contributed by atoms with van der Waals surface area (Å²) < 4.78 is 32.7. The summed E-state index contributed by atoms with van der Waals surface area (Å²) in [6.45, 7) is 0.565. The van der Waals surface area contributed by atoms with Crippen molar-refractivity contribution in [3.05, 3.63) is 23.8 Å². The zero-order chi connectivity index (χ0) is 15.0. The van der Waals surface area contributed by atoms with Crippen molar-refractivity contribution in [3.63, 3.8) is 0 Å². The van der Waals surface area contributed by atoms with Crippen LogP contribution in [0.4, 0.5) is 0 Å². The van der Waals surface area contributed by atoms with Crippen molar-refractivity contribution in [3.8, 4) is 5.75 Å². The highest BCUT2D eigenvalue weighted by Gasteiger charge is 2.36. The summed E-state index contributed by atoms with van der Waals surface area (Å²) in [6, 6.07) is 4.23. The van der Waals surface area contributed by atoms with E-state index in [1.165, 1.54) is 6.07 Å². The third-order valence-electron chi connectivity index (χ3n) is 4.11. The maximum absolute atomic E-state index is 12.4. The molecular weight excluding hydrogens is 294 g/mol. The molecule has 21 heavy (non-hydrogen) atoms. The van der Waals surface area contributed by atoms with E-state index in [1.54, 1.807) is 12.1 Å². The monoisotopic (exact) mass is 311 g/mol. The topological polar surface area (TPSA) is 92.7 Å². The van der Waals surface area contributed by atoms with Gasteiger partial charge in [-0.05, 0) is 36.6 Å². The minimum Gasteiger partial charge on any atom is -0.493 e. The maximum atomic E-state index is 12.4. The molecule has 2 N–H and O–H groups in total. The van der Waals surface area contributed by atoms with E-state index in [9.17, 15) is 13.2 Å².